The maximum atomic E-state index is 12.0. The Labute approximate surface area is 147 Å². The second-order valence-electron chi connectivity index (χ2n) is 5.28. The number of amides is 1. The molecule has 0 aliphatic rings. The van der Waals surface area contributed by atoms with Gasteiger partial charge in [-0.15, -0.1) is 0 Å². The summed E-state index contributed by atoms with van der Waals surface area (Å²) in [6.45, 7) is 1.99. The van der Waals surface area contributed by atoms with Crippen LogP contribution in [0, 0.1) is 0 Å². The number of hydrazone groups is 1. The zero-order valence-corrected chi connectivity index (χ0v) is 14.4. The van der Waals surface area contributed by atoms with Crippen molar-refractivity contribution in [3.63, 3.8) is 0 Å². The lowest BCUT2D eigenvalue weighted by molar-refractivity contribution is -0.123. The van der Waals surface area contributed by atoms with Crippen LogP contribution in [0.15, 0.2) is 59.7 Å². The largest absolute Gasteiger partial charge is 0.482 e. The monoisotopic (exact) mass is 344 g/mol. The summed E-state index contributed by atoms with van der Waals surface area (Å²) in [6.07, 6.45) is 2.89. The Hall–Kier alpha value is -2.33. The number of carbonyl (C=O) groups is 1. The second kappa shape index (κ2) is 9.73. The number of ether oxygens (including phenoxy) is 1. The molecule has 1 N–H and O–H groups in total. The molecule has 0 radical (unpaired) electrons. The third-order valence-corrected chi connectivity index (χ3v) is 3.70. The predicted octanol–water partition coefficient (Wildman–Crippen LogP) is 4.43. The molecular formula is C19H21ClN2O2. The van der Waals surface area contributed by atoms with Crippen LogP contribution >= 0.6 is 11.6 Å². The molecular weight excluding hydrogens is 324 g/mol. The van der Waals surface area contributed by atoms with Gasteiger partial charge >= 0.3 is 0 Å². The molecule has 0 fully saturated rings. The zero-order chi connectivity index (χ0) is 17.2. The fourth-order valence-corrected chi connectivity index (χ4v) is 2.30. The molecule has 126 valence electrons. The number of benzene rings is 2. The van der Waals surface area contributed by atoms with Crippen molar-refractivity contribution >= 4 is 23.2 Å². The number of nitrogens with one attached hydrogen (secondary N) is 1. The van der Waals surface area contributed by atoms with Gasteiger partial charge in [0.1, 0.15) is 5.75 Å². The quantitative estimate of drug-likeness (QED) is 0.569. The summed E-state index contributed by atoms with van der Waals surface area (Å²) in [5, 5.41) is 4.74. The van der Waals surface area contributed by atoms with Gasteiger partial charge in [-0.3, -0.25) is 4.79 Å². The Kier molecular flexibility index (Phi) is 7.30. The number of rotatable bonds is 8. The highest BCUT2D eigenvalue weighted by molar-refractivity contribution is 6.32. The summed E-state index contributed by atoms with van der Waals surface area (Å²) in [6, 6.07) is 16.9. The Morgan fingerprint density at radius 3 is 2.54 bits per heavy atom. The topological polar surface area (TPSA) is 50.7 Å². The first-order valence-corrected chi connectivity index (χ1v) is 8.36. The average Bonchev–Trinajstić information content (AvgIpc) is 2.62. The van der Waals surface area contributed by atoms with Crippen LogP contribution in [-0.2, 0) is 4.79 Å². The van der Waals surface area contributed by atoms with E-state index in [0.717, 1.165) is 30.5 Å². The summed E-state index contributed by atoms with van der Waals surface area (Å²) in [4.78, 5) is 12.0. The molecule has 1 amide bonds. The minimum absolute atomic E-state index is 0.136. The lowest BCUT2D eigenvalue weighted by Gasteiger charge is -2.09. The van der Waals surface area contributed by atoms with Crippen molar-refractivity contribution in [1.82, 2.24) is 5.43 Å². The smallest absolute Gasteiger partial charge is 0.277 e. The van der Waals surface area contributed by atoms with Gasteiger partial charge in [0.2, 0.25) is 0 Å². The van der Waals surface area contributed by atoms with Gasteiger partial charge in [0.15, 0.2) is 6.61 Å². The Bertz CT molecular complexity index is 687. The van der Waals surface area contributed by atoms with E-state index in [1.165, 1.54) is 0 Å². The minimum Gasteiger partial charge on any atom is -0.482 e. The summed E-state index contributed by atoms with van der Waals surface area (Å²) in [7, 11) is 0. The molecule has 0 unspecified atom stereocenters. The lowest BCUT2D eigenvalue weighted by atomic mass is 10.1. The number of halogens is 1. The summed E-state index contributed by atoms with van der Waals surface area (Å²) >= 11 is 5.99. The second-order valence-corrected chi connectivity index (χ2v) is 5.69. The van der Waals surface area contributed by atoms with E-state index < -0.39 is 0 Å². The van der Waals surface area contributed by atoms with Gasteiger partial charge in [0.25, 0.3) is 5.91 Å². The van der Waals surface area contributed by atoms with Crippen LogP contribution in [0.4, 0.5) is 0 Å². The maximum absolute atomic E-state index is 12.0. The highest BCUT2D eigenvalue weighted by Gasteiger charge is 2.07. The molecule has 0 atom stereocenters. The zero-order valence-electron chi connectivity index (χ0n) is 13.7. The number of hydrogen-bond acceptors (Lipinski definition) is 3. The van der Waals surface area contributed by atoms with Crippen LogP contribution in [0.3, 0.4) is 0 Å². The van der Waals surface area contributed by atoms with Gasteiger partial charge in [-0.2, -0.15) is 5.10 Å². The van der Waals surface area contributed by atoms with Gasteiger partial charge < -0.3 is 4.74 Å². The van der Waals surface area contributed by atoms with Gasteiger partial charge in [-0.05, 0) is 30.5 Å². The van der Waals surface area contributed by atoms with Crippen molar-refractivity contribution in [2.45, 2.75) is 26.2 Å². The molecule has 0 aliphatic carbocycles. The van der Waals surface area contributed by atoms with E-state index in [2.05, 4.69) is 17.5 Å². The minimum atomic E-state index is -0.320. The molecule has 0 bridgehead atoms. The van der Waals surface area contributed by atoms with E-state index in [1.54, 1.807) is 24.3 Å². The third kappa shape index (κ3) is 5.70. The third-order valence-electron chi connectivity index (χ3n) is 3.39. The summed E-state index contributed by atoms with van der Waals surface area (Å²) in [5.41, 5.74) is 4.44. The van der Waals surface area contributed by atoms with Gasteiger partial charge in [-0.25, -0.2) is 5.43 Å². The molecule has 2 aromatic carbocycles. The highest BCUT2D eigenvalue weighted by Crippen LogP contribution is 2.22. The summed E-state index contributed by atoms with van der Waals surface area (Å²) < 4.78 is 5.40. The summed E-state index contributed by atoms with van der Waals surface area (Å²) in [5.74, 6) is 0.160. The SMILES string of the molecule is CCCCC(=NNC(=O)COc1ccccc1Cl)c1ccccc1. The van der Waals surface area contributed by atoms with Gasteiger partial charge in [0, 0.05) is 0 Å². The van der Waals surface area contributed by atoms with Crippen LogP contribution in [0.5, 0.6) is 5.75 Å². The molecule has 0 saturated carbocycles. The van der Waals surface area contributed by atoms with Crippen molar-refractivity contribution in [3.8, 4) is 5.75 Å². The lowest BCUT2D eigenvalue weighted by Crippen LogP contribution is -2.26. The fourth-order valence-electron chi connectivity index (χ4n) is 2.11. The van der Waals surface area contributed by atoms with Gasteiger partial charge in [-0.1, -0.05) is 67.4 Å². The Morgan fingerprint density at radius 2 is 1.83 bits per heavy atom. The number of hydrogen-bond donors (Lipinski definition) is 1. The van der Waals surface area contributed by atoms with Crippen molar-refractivity contribution in [3.05, 3.63) is 65.2 Å². The van der Waals surface area contributed by atoms with E-state index in [1.807, 2.05) is 30.3 Å². The molecule has 2 aromatic rings. The molecule has 0 saturated heterocycles. The van der Waals surface area contributed by atoms with Crippen molar-refractivity contribution in [2.24, 2.45) is 5.10 Å². The Balaban J connectivity index is 1.95. The standard InChI is InChI=1S/C19H21ClN2O2/c1-2-3-12-17(15-9-5-4-6-10-15)21-22-19(23)14-24-18-13-8-7-11-16(18)20/h4-11,13H,2-3,12,14H2,1H3,(H,22,23). The predicted molar refractivity (Wildman–Crippen MR) is 97.6 cm³/mol. The first kappa shape index (κ1) is 18.0. The molecule has 24 heavy (non-hydrogen) atoms. The molecule has 0 spiro atoms. The molecule has 0 aromatic heterocycles. The molecule has 0 aliphatic heterocycles. The average molecular weight is 345 g/mol. The van der Waals surface area contributed by atoms with E-state index in [0.29, 0.717) is 10.8 Å². The molecule has 0 heterocycles. The normalized spacial score (nSPS) is 11.2. The van der Waals surface area contributed by atoms with Crippen LogP contribution in [0.1, 0.15) is 31.7 Å². The van der Waals surface area contributed by atoms with Crippen LogP contribution in [-0.4, -0.2) is 18.2 Å². The van der Waals surface area contributed by atoms with Gasteiger partial charge in [0.05, 0.1) is 10.7 Å². The highest BCUT2D eigenvalue weighted by atomic mass is 35.5. The molecule has 5 heteroatoms. The molecule has 2 rings (SSSR count). The van der Waals surface area contributed by atoms with E-state index in [4.69, 9.17) is 16.3 Å². The van der Waals surface area contributed by atoms with E-state index in [-0.39, 0.29) is 12.5 Å². The number of para-hydroxylation sites is 1. The maximum Gasteiger partial charge on any atom is 0.277 e. The number of nitrogens with zero attached hydrogens (tertiary/aromatic N) is 1. The first-order chi connectivity index (χ1) is 11.7. The van der Waals surface area contributed by atoms with Crippen molar-refractivity contribution < 1.29 is 9.53 Å². The van der Waals surface area contributed by atoms with Crippen LogP contribution in [0.25, 0.3) is 0 Å². The Morgan fingerprint density at radius 1 is 1.12 bits per heavy atom. The first-order valence-electron chi connectivity index (χ1n) is 7.99. The van der Waals surface area contributed by atoms with Crippen molar-refractivity contribution in [2.75, 3.05) is 6.61 Å². The van der Waals surface area contributed by atoms with Crippen molar-refractivity contribution in [1.29, 1.82) is 0 Å². The fraction of sp³-hybridized carbons (Fsp3) is 0.263. The van der Waals surface area contributed by atoms with E-state index in [9.17, 15) is 4.79 Å². The number of unbranched alkanes of at least 4 members (excludes halogenated alkanes) is 1. The van der Waals surface area contributed by atoms with Crippen LogP contribution in [0.2, 0.25) is 5.02 Å². The van der Waals surface area contributed by atoms with E-state index >= 15 is 0 Å². The number of carbonyl (C=O) groups excluding carboxylic acids is 1. The molecule has 4 nitrogen and oxygen atoms in total. The van der Waals surface area contributed by atoms with Crippen LogP contribution < -0.4 is 10.2 Å².